The number of nitrogen functional groups attached to an aromatic ring is 1. The predicted octanol–water partition coefficient (Wildman–Crippen LogP) is 2.36. The number of nitrogens with zero attached hydrogens (tertiary/aromatic N) is 4. The molecule has 3 aromatic rings. The van der Waals surface area contributed by atoms with Crippen LogP contribution < -0.4 is 20.1 Å². The van der Waals surface area contributed by atoms with Crippen molar-refractivity contribution in [3.05, 3.63) is 35.6 Å². The Bertz CT molecular complexity index is 1500. The molecule has 228 valence electrons. The first-order valence-electron chi connectivity index (χ1n) is 13.2. The number of nitrogens with one attached hydrogen (secondary N) is 1. The average molecular weight is 627 g/mol. The number of imidazole rings is 1. The number of hydrogen-bond donors (Lipinski definition) is 4. The van der Waals surface area contributed by atoms with Crippen molar-refractivity contribution in [1.82, 2.24) is 24.6 Å². The van der Waals surface area contributed by atoms with Crippen LogP contribution in [0.1, 0.15) is 39.3 Å². The highest BCUT2D eigenvalue weighted by Crippen LogP contribution is 2.51. The molecule has 15 nitrogen and oxygen atoms in total. The van der Waals surface area contributed by atoms with E-state index >= 15 is 0 Å². The van der Waals surface area contributed by atoms with Gasteiger partial charge in [0.05, 0.1) is 26.7 Å². The van der Waals surface area contributed by atoms with Crippen LogP contribution in [0.4, 0.5) is 5.95 Å². The molecular formula is C25H32ClN6O9P. The molecular weight excluding hydrogens is 595 g/mol. The summed E-state index contributed by atoms with van der Waals surface area (Å²) in [5, 5.41) is 25.6. The third-order valence-corrected chi connectivity index (χ3v) is 9.17. The van der Waals surface area contributed by atoms with E-state index in [1.54, 1.807) is 6.92 Å². The van der Waals surface area contributed by atoms with Crippen LogP contribution >= 0.6 is 19.3 Å². The lowest BCUT2D eigenvalue weighted by Gasteiger charge is -2.41. The van der Waals surface area contributed by atoms with Gasteiger partial charge in [-0.3, -0.25) is 13.9 Å². The molecule has 1 saturated heterocycles. The lowest BCUT2D eigenvalue weighted by Crippen LogP contribution is -2.57. The third kappa shape index (κ3) is 5.65. The summed E-state index contributed by atoms with van der Waals surface area (Å²) in [6, 6.07) is 6.05. The second kappa shape index (κ2) is 11.6. The molecule has 1 saturated carbocycles. The number of aromatic nitrogens is 4. The van der Waals surface area contributed by atoms with E-state index in [9.17, 15) is 19.6 Å². The number of esters is 1. The molecule has 3 heterocycles. The number of rotatable bonds is 11. The first kappa shape index (κ1) is 30.4. The largest absolute Gasteiger partial charge is 0.476 e. The summed E-state index contributed by atoms with van der Waals surface area (Å²) in [5.74, 6) is -0.400. The maximum atomic E-state index is 14.1. The van der Waals surface area contributed by atoms with Crippen LogP contribution in [0.3, 0.4) is 0 Å². The van der Waals surface area contributed by atoms with Gasteiger partial charge in [-0.05, 0) is 57.4 Å². The van der Waals surface area contributed by atoms with E-state index in [0.717, 1.165) is 0 Å². The molecule has 0 bridgehead atoms. The van der Waals surface area contributed by atoms with Gasteiger partial charge in [0.25, 0.3) is 0 Å². The van der Waals surface area contributed by atoms with Crippen LogP contribution in [-0.4, -0.2) is 79.4 Å². The third-order valence-electron chi connectivity index (χ3n) is 7.28. The van der Waals surface area contributed by atoms with E-state index in [1.165, 1.54) is 49.2 Å². The number of nitrogens with two attached hydrogens (primary N) is 1. The Hall–Kier alpha value is -3.04. The van der Waals surface area contributed by atoms with Gasteiger partial charge in [0, 0.05) is 5.02 Å². The van der Waals surface area contributed by atoms with Crippen molar-refractivity contribution in [2.45, 2.75) is 62.7 Å². The highest BCUT2D eigenvalue weighted by atomic mass is 35.5. The molecule has 1 aromatic carbocycles. The zero-order chi connectivity index (χ0) is 30.3. The second-order valence-corrected chi connectivity index (χ2v) is 12.3. The van der Waals surface area contributed by atoms with Gasteiger partial charge in [0.15, 0.2) is 17.4 Å². The van der Waals surface area contributed by atoms with Gasteiger partial charge in [0.1, 0.15) is 29.1 Å². The van der Waals surface area contributed by atoms with Gasteiger partial charge in [-0.25, -0.2) is 9.55 Å². The van der Waals surface area contributed by atoms with Crippen LogP contribution in [0.15, 0.2) is 30.6 Å². The summed E-state index contributed by atoms with van der Waals surface area (Å²) in [6.45, 7) is 2.94. The Morgan fingerprint density at radius 3 is 2.64 bits per heavy atom. The predicted molar refractivity (Wildman–Crippen MR) is 149 cm³/mol. The van der Waals surface area contributed by atoms with Crippen LogP contribution in [0.5, 0.6) is 11.6 Å². The number of anilines is 1. The van der Waals surface area contributed by atoms with Crippen molar-refractivity contribution >= 4 is 42.4 Å². The summed E-state index contributed by atoms with van der Waals surface area (Å²) in [5.41, 5.74) is 3.17. The average Bonchev–Trinajstić information content (AvgIpc) is 3.44. The first-order valence-corrected chi connectivity index (χ1v) is 15.1. The minimum absolute atomic E-state index is 0.0901. The molecule has 2 unspecified atom stereocenters. The minimum atomic E-state index is -4.31. The highest BCUT2D eigenvalue weighted by molar-refractivity contribution is 7.52. The van der Waals surface area contributed by atoms with E-state index in [4.69, 9.17) is 40.6 Å². The molecule has 42 heavy (non-hydrogen) atoms. The number of halogens is 1. The lowest BCUT2D eigenvalue weighted by atomic mass is 9.78. The number of aliphatic hydroxyl groups is 2. The number of carbonyl (C=O) groups excluding carboxylic acids is 1. The standard InChI is InChI=1S/C25H32ClN6O9P/c1-4-38-20-17-19(29-23(27)30-20)32(13-28-17)21-24(2,35)18(33)16(40-21)12-39-42(36,41-15-8-6-14(26)7-9-15)31-25(10-5-11-25)22(34)37-3/h6-9,13,16,18,21,33,35H,4-5,10-12H2,1-3H3,(H,31,36)(H2,27,29,30)/t16?,18-,21-,24-,42?/m1/s1. The first-order chi connectivity index (χ1) is 19.9. The maximum absolute atomic E-state index is 14.1. The molecule has 5 N–H and O–H groups in total. The summed E-state index contributed by atoms with van der Waals surface area (Å²) >= 11 is 5.97. The topological polar surface area (TPSA) is 202 Å². The summed E-state index contributed by atoms with van der Waals surface area (Å²) < 4.78 is 43.4. The Kier molecular flexibility index (Phi) is 8.38. The zero-order valence-electron chi connectivity index (χ0n) is 23.1. The van der Waals surface area contributed by atoms with Crippen LogP contribution in [0.25, 0.3) is 11.2 Å². The Labute approximate surface area is 245 Å². The molecule has 0 amide bonds. The van der Waals surface area contributed by atoms with E-state index in [1.807, 2.05) is 0 Å². The number of methoxy groups -OCH3 is 1. The smallest absolute Gasteiger partial charge is 0.459 e. The summed E-state index contributed by atoms with van der Waals surface area (Å²) in [4.78, 5) is 25.1. The molecule has 2 aromatic heterocycles. The number of hydrogen-bond acceptors (Lipinski definition) is 13. The number of fused-ring (bicyclic) bond motifs is 1. The van der Waals surface area contributed by atoms with Gasteiger partial charge in [0.2, 0.25) is 11.8 Å². The fraction of sp³-hybridized carbons (Fsp3) is 0.520. The molecule has 17 heteroatoms. The van der Waals surface area contributed by atoms with Crippen molar-refractivity contribution in [2.75, 3.05) is 26.1 Å². The molecule has 0 radical (unpaired) electrons. The van der Waals surface area contributed by atoms with Crippen molar-refractivity contribution in [1.29, 1.82) is 0 Å². The van der Waals surface area contributed by atoms with Crippen molar-refractivity contribution in [3.63, 3.8) is 0 Å². The number of ether oxygens (including phenoxy) is 3. The van der Waals surface area contributed by atoms with Crippen LogP contribution in [0.2, 0.25) is 5.02 Å². The van der Waals surface area contributed by atoms with Gasteiger partial charge in [-0.2, -0.15) is 15.1 Å². The fourth-order valence-corrected chi connectivity index (χ4v) is 6.80. The Balaban J connectivity index is 1.40. The zero-order valence-corrected chi connectivity index (χ0v) is 24.7. The number of benzene rings is 1. The molecule has 1 aliphatic heterocycles. The van der Waals surface area contributed by atoms with Crippen LogP contribution in [0, 0.1) is 0 Å². The highest BCUT2D eigenvalue weighted by Gasteiger charge is 2.55. The Morgan fingerprint density at radius 2 is 2.02 bits per heavy atom. The number of aliphatic hydroxyl groups excluding tert-OH is 1. The van der Waals surface area contributed by atoms with Gasteiger partial charge in [-0.1, -0.05) is 11.6 Å². The summed E-state index contributed by atoms with van der Waals surface area (Å²) in [7, 11) is -3.08. The summed E-state index contributed by atoms with van der Waals surface area (Å²) in [6.07, 6.45) is -1.20. The second-order valence-electron chi connectivity index (χ2n) is 10.2. The molecule has 1 aliphatic carbocycles. The van der Waals surface area contributed by atoms with E-state index < -0.39 is 49.9 Å². The van der Waals surface area contributed by atoms with Crippen molar-refractivity contribution in [3.8, 4) is 11.6 Å². The van der Waals surface area contributed by atoms with E-state index in [0.29, 0.717) is 30.9 Å². The molecule has 5 atom stereocenters. The molecule has 0 spiro atoms. The van der Waals surface area contributed by atoms with Crippen molar-refractivity contribution in [2.24, 2.45) is 0 Å². The molecule has 2 aliphatic rings. The van der Waals surface area contributed by atoms with Gasteiger partial charge < -0.3 is 34.7 Å². The quantitative estimate of drug-likeness (QED) is 0.178. The monoisotopic (exact) mass is 626 g/mol. The SMILES string of the molecule is CCOc1nc(N)nc2c1ncn2[C@@H]1OC(COP(=O)(NC2(C(=O)OC)CCC2)Oc2ccc(Cl)cc2)[C@@H](O)[C@@]1(C)O. The minimum Gasteiger partial charge on any atom is -0.476 e. The van der Waals surface area contributed by atoms with E-state index in [2.05, 4.69) is 20.0 Å². The number of carbonyl (C=O) groups is 1. The van der Waals surface area contributed by atoms with Crippen LogP contribution in [-0.2, 0) is 23.4 Å². The van der Waals surface area contributed by atoms with Crippen molar-refractivity contribution < 1.29 is 42.8 Å². The van der Waals surface area contributed by atoms with Gasteiger partial charge in [-0.15, -0.1) is 0 Å². The fourth-order valence-electron chi connectivity index (χ4n) is 4.93. The lowest BCUT2D eigenvalue weighted by molar-refractivity contribution is -0.151. The normalized spacial score (nSPS) is 26.4. The maximum Gasteiger partial charge on any atom is 0.459 e. The molecule has 2 fully saturated rings. The van der Waals surface area contributed by atoms with Gasteiger partial charge >= 0.3 is 13.7 Å². The van der Waals surface area contributed by atoms with E-state index in [-0.39, 0.29) is 28.7 Å². The molecule has 5 rings (SSSR count). The Morgan fingerprint density at radius 1 is 1.31 bits per heavy atom.